The van der Waals surface area contributed by atoms with Crippen LogP contribution in [-0.4, -0.2) is 27.4 Å². The summed E-state index contributed by atoms with van der Waals surface area (Å²) in [6.45, 7) is -0.301. The van der Waals surface area contributed by atoms with E-state index in [0.717, 1.165) is 27.7 Å². The summed E-state index contributed by atoms with van der Waals surface area (Å²) in [4.78, 5) is 30.1. The van der Waals surface area contributed by atoms with Gasteiger partial charge in [0.25, 0.3) is 5.56 Å². The van der Waals surface area contributed by atoms with E-state index >= 15 is 0 Å². The molecule has 2 heterocycles. The average molecular weight is 375 g/mol. The Morgan fingerprint density at radius 3 is 2.59 bits per heavy atom. The van der Waals surface area contributed by atoms with Gasteiger partial charge in [0, 0.05) is 18.6 Å². The van der Waals surface area contributed by atoms with Gasteiger partial charge in [-0.25, -0.2) is 0 Å². The number of hydrogen-bond acceptors (Lipinski definition) is 3. The number of amides is 1. The summed E-state index contributed by atoms with van der Waals surface area (Å²) in [6, 6.07) is 13.0. The number of halogens is 3. The smallest absolute Gasteiger partial charge is 0.338 e. The van der Waals surface area contributed by atoms with Crippen molar-refractivity contribution in [3.05, 3.63) is 76.3 Å². The molecule has 0 atom stereocenters. The number of hydrogen-bond donors (Lipinski definition) is 0. The third kappa shape index (κ3) is 4.16. The van der Waals surface area contributed by atoms with Crippen molar-refractivity contribution in [1.82, 2.24) is 14.5 Å². The minimum absolute atomic E-state index is 0.178. The second-order valence-electron chi connectivity index (χ2n) is 6.10. The van der Waals surface area contributed by atoms with Gasteiger partial charge in [0.2, 0.25) is 5.91 Å². The van der Waals surface area contributed by atoms with Crippen molar-refractivity contribution in [2.45, 2.75) is 19.3 Å². The maximum absolute atomic E-state index is 12.8. The molecule has 0 unspecified atom stereocenters. The number of rotatable bonds is 4. The second-order valence-corrected chi connectivity index (χ2v) is 6.10. The van der Waals surface area contributed by atoms with Crippen LogP contribution in [0.4, 0.5) is 13.2 Å². The van der Waals surface area contributed by atoms with Crippen LogP contribution in [0.5, 0.6) is 0 Å². The summed E-state index contributed by atoms with van der Waals surface area (Å²) in [5.74, 6) is -0.494. The van der Waals surface area contributed by atoms with Crippen molar-refractivity contribution in [3.8, 4) is 0 Å². The Bertz CT molecular complexity index is 1040. The number of alkyl halides is 3. The van der Waals surface area contributed by atoms with E-state index in [1.807, 2.05) is 30.3 Å². The Kier molecular flexibility index (Phi) is 4.98. The van der Waals surface area contributed by atoms with Crippen LogP contribution >= 0.6 is 0 Å². The van der Waals surface area contributed by atoms with Crippen molar-refractivity contribution < 1.29 is 18.0 Å². The number of para-hydroxylation sites is 1. The molecule has 8 heteroatoms. The molecule has 0 N–H and O–H groups in total. The maximum Gasteiger partial charge on any atom is 0.421 e. The molecule has 2 aromatic heterocycles. The highest BCUT2D eigenvalue weighted by Crippen LogP contribution is 2.26. The molecular formula is C19H16F3N3O2. The Morgan fingerprint density at radius 2 is 1.85 bits per heavy atom. The van der Waals surface area contributed by atoms with Gasteiger partial charge in [0.15, 0.2) is 0 Å². The first-order chi connectivity index (χ1) is 12.8. The zero-order valence-electron chi connectivity index (χ0n) is 14.4. The van der Waals surface area contributed by atoms with Gasteiger partial charge in [-0.1, -0.05) is 24.3 Å². The molecule has 0 aliphatic rings. The Labute approximate surface area is 152 Å². The number of carbonyl (C=O) groups is 1. The molecule has 27 heavy (non-hydrogen) atoms. The van der Waals surface area contributed by atoms with Gasteiger partial charge in [-0.2, -0.15) is 13.2 Å². The quantitative estimate of drug-likeness (QED) is 0.704. The van der Waals surface area contributed by atoms with Crippen molar-refractivity contribution in [2.75, 3.05) is 7.05 Å². The lowest BCUT2D eigenvalue weighted by molar-refractivity contribution is -0.139. The fourth-order valence-corrected chi connectivity index (χ4v) is 2.67. The summed E-state index contributed by atoms with van der Waals surface area (Å²) < 4.78 is 39.2. The van der Waals surface area contributed by atoms with E-state index in [1.54, 1.807) is 6.07 Å². The third-order valence-electron chi connectivity index (χ3n) is 4.11. The first-order valence-corrected chi connectivity index (χ1v) is 8.11. The first kappa shape index (κ1) is 18.6. The van der Waals surface area contributed by atoms with Crippen molar-refractivity contribution in [1.29, 1.82) is 0 Å². The van der Waals surface area contributed by atoms with E-state index in [4.69, 9.17) is 0 Å². The molecule has 0 radical (unpaired) electrons. The van der Waals surface area contributed by atoms with Crippen LogP contribution < -0.4 is 5.56 Å². The summed E-state index contributed by atoms with van der Waals surface area (Å²) >= 11 is 0. The molecule has 0 fully saturated rings. The number of fused-ring (bicyclic) bond motifs is 1. The zero-order chi connectivity index (χ0) is 19.6. The number of aromatic nitrogens is 2. The molecule has 140 valence electrons. The van der Waals surface area contributed by atoms with Crippen molar-refractivity contribution in [2.24, 2.45) is 0 Å². The standard InChI is InChI=1S/C19H16F3N3O2/c1-24(11-14-9-8-13-5-2-3-7-16(13)23-14)17(26)12-25-10-4-6-15(18(25)27)19(20,21)22/h2-10H,11-12H2,1H3. The molecule has 1 amide bonds. The van der Waals surface area contributed by atoms with Crippen LogP contribution in [-0.2, 0) is 24.1 Å². The predicted molar refractivity (Wildman–Crippen MR) is 93.9 cm³/mol. The lowest BCUT2D eigenvalue weighted by atomic mass is 10.2. The molecule has 0 spiro atoms. The van der Waals surface area contributed by atoms with E-state index < -0.39 is 29.8 Å². The minimum atomic E-state index is -4.76. The van der Waals surface area contributed by atoms with Crippen LogP contribution in [0.25, 0.3) is 10.9 Å². The Morgan fingerprint density at radius 1 is 1.11 bits per heavy atom. The van der Waals surface area contributed by atoms with Crippen LogP contribution in [0.3, 0.4) is 0 Å². The molecule has 1 aromatic carbocycles. The molecule has 5 nitrogen and oxygen atoms in total. The number of benzene rings is 1. The van der Waals surface area contributed by atoms with E-state index in [-0.39, 0.29) is 6.54 Å². The normalized spacial score (nSPS) is 11.6. The fourth-order valence-electron chi connectivity index (χ4n) is 2.67. The highest BCUT2D eigenvalue weighted by molar-refractivity contribution is 5.78. The number of likely N-dealkylation sites (N-methyl/N-ethyl adjacent to an activating group) is 1. The van der Waals surface area contributed by atoms with E-state index in [0.29, 0.717) is 11.8 Å². The van der Waals surface area contributed by atoms with Crippen LogP contribution in [0.2, 0.25) is 0 Å². The molecule has 0 bridgehead atoms. The SMILES string of the molecule is CN(Cc1ccc2ccccc2n1)C(=O)Cn1cccc(C(F)(F)F)c1=O. The van der Waals surface area contributed by atoms with Gasteiger partial charge in [0.1, 0.15) is 12.1 Å². The van der Waals surface area contributed by atoms with Gasteiger partial charge < -0.3 is 9.47 Å². The van der Waals surface area contributed by atoms with Gasteiger partial charge in [0.05, 0.1) is 17.8 Å². The maximum atomic E-state index is 12.8. The lowest BCUT2D eigenvalue weighted by Crippen LogP contribution is -2.35. The number of nitrogens with zero attached hydrogens (tertiary/aromatic N) is 3. The summed E-state index contributed by atoms with van der Waals surface area (Å²) in [6.07, 6.45) is -3.60. The topological polar surface area (TPSA) is 55.2 Å². The largest absolute Gasteiger partial charge is 0.421 e. The molecule has 3 aromatic rings. The van der Waals surface area contributed by atoms with E-state index in [1.165, 1.54) is 11.9 Å². The minimum Gasteiger partial charge on any atom is -0.338 e. The summed E-state index contributed by atoms with van der Waals surface area (Å²) in [7, 11) is 1.51. The monoisotopic (exact) mass is 375 g/mol. The van der Waals surface area contributed by atoms with Gasteiger partial charge in [-0.05, 0) is 24.3 Å². The molecule has 0 aliphatic heterocycles. The van der Waals surface area contributed by atoms with Crippen LogP contribution in [0.1, 0.15) is 11.3 Å². The zero-order valence-corrected chi connectivity index (χ0v) is 14.4. The van der Waals surface area contributed by atoms with Crippen molar-refractivity contribution >= 4 is 16.8 Å². The molecule has 0 saturated heterocycles. The van der Waals surface area contributed by atoms with E-state index in [9.17, 15) is 22.8 Å². The molecule has 0 saturated carbocycles. The lowest BCUT2D eigenvalue weighted by Gasteiger charge is -2.18. The van der Waals surface area contributed by atoms with Gasteiger partial charge >= 0.3 is 6.18 Å². The summed E-state index contributed by atoms with van der Waals surface area (Å²) in [5.41, 5.74) is -1.11. The third-order valence-corrected chi connectivity index (χ3v) is 4.11. The number of pyridine rings is 2. The fraction of sp³-hybridized carbons (Fsp3) is 0.211. The highest BCUT2D eigenvalue weighted by atomic mass is 19.4. The first-order valence-electron chi connectivity index (χ1n) is 8.11. The van der Waals surface area contributed by atoms with Crippen molar-refractivity contribution in [3.63, 3.8) is 0 Å². The molecular weight excluding hydrogens is 359 g/mol. The molecule has 0 aliphatic carbocycles. The van der Waals surface area contributed by atoms with Gasteiger partial charge in [-0.3, -0.25) is 14.6 Å². The predicted octanol–water partition coefficient (Wildman–Crippen LogP) is 3.07. The van der Waals surface area contributed by atoms with E-state index in [2.05, 4.69) is 4.98 Å². The van der Waals surface area contributed by atoms with Crippen LogP contribution in [0, 0.1) is 0 Å². The van der Waals surface area contributed by atoms with Crippen LogP contribution in [0.15, 0.2) is 59.5 Å². The number of carbonyl (C=O) groups excluding carboxylic acids is 1. The molecule has 3 rings (SSSR count). The summed E-state index contributed by atoms with van der Waals surface area (Å²) in [5, 5.41) is 0.964. The highest BCUT2D eigenvalue weighted by Gasteiger charge is 2.34. The average Bonchev–Trinajstić information content (AvgIpc) is 2.62. The van der Waals surface area contributed by atoms with Gasteiger partial charge in [-0.15, -0.1) is 0 Å². The Balaban J connectivity index is 1.75. The Hall–Kier alpha value is -3.16. The second kappa shape index (κ2) is 7.22.